The number of carbonyl (C=O) groups excluding carboxylic acids is 2. The zero-order valence-electron chi connectivity index (χ0n) is 18.3. The Balaban J connectivity index is 1.44. The lowest BCUT2D eigenvalue weighted by Crippen LogP contribution is -2.59. The SMILES string of the molecule is Cc1ccccc1C(=O)NC(C(=O)NC(C)C12CC3CC(CC(C3)C1)C2)C(C)C. The number of rotatable bonds is 6. The number of nitrogens with one attached hydrogen (secondary N) is 2. The molecule has 4 aliphatic carbocycles. The molecule has 0 heterocycles. The van der Waals surface area contributed by atoms with Gasteiger partial charge in [-0.2, -0.15) is 0 Å². The molecule has 0 aliphatic heterocycles. The molecule has 0 spiro atoms. The molecule has 4 aliphatic rings. The van der Waals surface area contributed by atoms with E-state index in [9.17, 15) is 9.59 Å². The molecule has 158 valence electrons. The minimum atomic E-state index is -0.515. The van der Waals surface area contributed by atoms with Gasteiger partial charge in [-0.3, -0.25) is 9.59 Å². The Hall–Kier alpha value is -1.84. The van der Waals surface area contributed by atoms with Gasteiger partial charge in [0, 0.05) is 11.6 Å². The van der Waals surface area contributed by atoms with E-state index in [1.807, 2.05) is 45.0 Å². The van der Waals surface area contributed by atoms with Gasteiger partial charge in [0.1, 0.15) is 6.04 Å². The summed E-state index contributed by atoms with van der Waals surface area (Å²) >= 11 is 0. The van der Waals surface area contributed by atoms with Crippen LogP contribution in [0.25, 0.3) is 0 Å². The second-order valence-electron chi connectivity index (χ2n) is 10.5. The molecule has 4 fully saturated rings. The van der Waals surface area contributed by atoms with Crippen molar-refractivity contribution in [1.29, 1.82) is 0 Å². The molecular formula is C25H36N2O2. The summed E-state index contributed by atoms with van der Waals surface area (Å²) < 4.78 is 0. The van der Waals surface area contributed by atoms with Crippen LogP contribution in [0.5, 0.6) is 0 Å². The van der Waals surface area contributed by atoms with E-state index < -0.39 is 6.04 Å². The van der Waals surface area contributed by atoms with Crippen molar-refractivity contribution in [1.82, 2.24) is 10.6 Å². The van der Waals surface area contributed by atoms with Gasteiger partial charge in [0.2, 0.25) is 5.91 Å². The van der Waals surface area contributed by atoms with Crippen LogP contribution in [0, 0.1) is 36.0 Å². The number of amides is 2. The van der Waals surface area contributed by atoms with Crippen molar-refractivity contribution >= 4 is 11.8 Å². The Bertz CT molecular complexity index is 749. The van der Waals surface area contributed by atoms with E-state index in [0.717, 1.165) is 23.3 Å². The number of hydrogen-bond donors (Lipinski definition) is 2. The van der Waals surface area contributed by atoms with Gasteiger partial charge in [-0.05, 0) is 93.1 Å². The molecule has 2 N–H and O–H groups in total. The molecule has 4 saturated carbocycles. The molecule has 2 amide bonds. The molecule has 2 unspecified atom stereocenters. The van der Waals surface area contributed by atoms with E-state index in [-0.39, 0.29) is 29.2 Å². The third-order valence-corrected chi connectivity index (χ3v) is 7.99. The molecule has 4 heteroatoms. The summed E-state index contributed by atoms with van der Waals surface area (Å²) in [5, 5.41) is 6.34. The molecule has 4 nitrogen and oxygen atoms in total. The van der Waals surface area contributed by atoms with Gasteiger partial charge >= 0.3 is 0 Å². The fourth-order valence-electron chi connectivity index (χ4n) is 6.75. The highest BCUT2D eigenvalue weighted by Gasteiger charge is 2.53. The molecule has 0 saturated heterocycles. The van der Waals surface area contributed by atoms with E-state index in [4.69, 9.17) is 0 Å². The Morgan fingerprint density at radius 1 is 0.931 bits per heavy atom. The molecule has 2 atom stereocenters. The lowest BCUT2D eigenvalue weighted by molar-refractivity contribution is -0.128. The minimum Gasteiger partial charge on any atom is -0.351 e. The molecule has 0 radical (unpaired) electrons. The Labute approximate surface area is 175 Å². The van der Waals surface area contributed by atoms with Crippen LogP contribution in [0.2, 0.25) is 0 Å². The predicted octanol–water partition coefficient (Wildman–Crippen LogP) is 4.47. The summed E-state index contributed by atoms with van der Waals surface area (Å²) in [6.45, 7) is 8.12. The van der Waals surface area contributed by atoms with E-state index in [0.29, 0.717) is 5.56 Å². The summed E-state index contributed by atoms with van der Waals surface area (Å²) in [5.74, 6) is 2.42. The van der Waals surface area contributed by atoms with Crippen molar-refractivity contribution < 1.29 is 9.59 Å². The monoisotopic (exact) mass is 396 g/mol. The van der Waals surface area contributed by atoms with E-state index in [2.05, 4.69) is 17.6 Å². The maximum absolute atomic E-state index is 13.2. The van der Waals surface area contributed by atoms with Crippen LogP contribution >= 0.6 is 0 Å². The third-order valence-electron chi connectivity index (χ3n) is 7.99. The number of hydrogen-bond acceptors (Lipinski definition) is 2. The smallest absolute Gasteiger partial charge is 0.252 e. The zero-order valence-corrected chi connectivity index (χ0v) is 18.3. The summed E-state index contributed by atoms with van der Waals surface area (Å²) in [7, 11) is 0. The average molecular weight is 397 g/mol. The first kappa shape index (κ1) is 20.4. The van der Waals surface area contributed by atoms with Crippen LogP contribution in [0.3, 0.4) is 0 Å². The Kier molecular flexibility index (Phi) is 5.48. The van der Waals surface area contributed by atoms with Crippen molar-refractivity contribution in [2.45, 2.75) is 78.3 Å². The average Bonchev–Trinajstić information content (AvgIpc) is 2.64. The normalized spacial score (nSPS) is 32.1. The van der Waals surface area contributed by atoms with Gasteiger partial charge in [0.25, 0.3) is 5.91 Å². The second-order valence-corrected chi connectivity index (χ2v) is 10.5. The summed E-state index contributed by atoms with van der Waals surface area (Å²) in [6.07, 6.45) is 8.01. The van der Waals surface area contributed by atoms with Crippen molar-refractivity contribution in [3.63, 3.8) is 0 Å². The predicted molar refractivity (Wildman–Crippen MR) is 115 cm³/mol. The van der Waals surface area contributed by atoms with Crippen LogP contribution in [0.4, 0.5) is 0 Å². The molecular weight excluding hydrogens is 360 g/mol. The highest BCUT2D eigenvalue weighted by molar-refractivity contribution is 5.98. The van der Waals surface area contributed by atoms with Crippen LogP contribution < -0.4 is 10.6 Å². The van der Waals surface area contributed by atoms with Crippen molar-refractivity contribution in [2.75, 3.05) is 0 Å². The Morgan fingerprint density at radius 2 is 1.48 bits per heavy atom. The summed E-state index contributed by atoms with van der Waals surface area (Å²) in [6, 6.07) is 7.18. The molecule has 1 aromatic carbocycles. The molecule has 0 aromatic heterocycles. The van der Waals surface area contributed by atoms with Gasteiger partial charge in [-0.1, -0.05) is 32.0 Å². The van der Waals surface area contributed by atoms with E-state index in [1.165, 1.54) is 38.5 Å². The summed E-state index contributed by atoms with van der Waals surface area (Å²) in [5.41, 5.74) is 1.83. The number of benzene rings is 1. The van der Waals surface area contributed by atoms with Crippen LogP contribution in [0.15, 0.2) is 24.3 Å². The lowest BCUT2D eigenvalue weighted by Gasteiger charge is -2.59. The topological polar surface area (TPSA) is 58.2 Å². The van der Waals surface area contributed by atoms with Gasteiger partial charge < -0.3 is 10.6 Å². The molecule has 5 rings (SSSR count). The maximum atomic E-state index is 13.2. The highest BCUT2D eigenvalue weighted by Crippen LogP contribution is 2.61. The van der Waals surface area contributed by atoms with Gasteiger partial charge in [0.05, 0.1) is 0 Å². The van der Waals surface area contributed by atoms with Gasteiger partial charge in [0.15, 0.2) is 0 Å². The fourth-order valence-corrected chi connectivity index (χ4v) is 6.75. The lowest BCUT2D eigenvalue weighted by atomic mass is 9.48. The first-order chi connectivity index (χ1) is 13.8. The molecule has 1 aromatic rings. The first-order valence-electron chi connectivity index (χ1n) is 11.4. The fraction of sp³-hybridized carbons (Fsp3) is 0.680. The summed E-state index contributed by atoms with van der Waals surface area (Å²) in [4.78, 5) is 26.0. The molecule has 4 bridgehead atoms. The Morgan fingerprint density at radius 3 is 2.00 bits per heavy atom. The largest absolute Gasteiger partial charge is 0.351 e. The minimum absolute atomic E-state index is 0.0338. The van der Waals surface area contributed by atoms with Gasteiger partial charge in [-0.15, -0.1) is 0 Å². The number of aryl methyl sites for hydroxylation is 1. The van der Waals surface area contributed by atoms with Crippen LogP contribution in [0.1, 0.15) is 75.2 Å². The highest BCUT2D eigenvalue weighted by atomic mass is 16.2. The molecule has 29 heavy (non-hydrogen) atoms. The van der Waals surface area contributed by atoms with Gasteiger partial charge in [-0.25, -0.2) is 0 Å². The van der Waals surface area contributed by atoms with Crippen molar-refractivity contribution in [2.24, 2.45) is 29.1 Å². The van der Waals surface area contributed by atoms with Crippen molar-refractivity contribution in [3.8, 4) is 0 Å². The first-order valence-corrected chi connectivity index (χ1v) is 11.4. The van der Waals surface area contributed by atoms with Crippen LogP contribution in [-0.4, -0.2) is 23.9 Å². The standard InChI is InChI=1S/C25H36N2O2/c1-15(2)22(27-23(28)21-8-6-5-7-16(21)3)24(29)26-17(4)25-12-18-9-19(13-25)11-20(10-18)14-25/h5-8,15,17-20,22H,9-14H2,1-4H3,(H,26,29)(H,27,28). The van der Waals surface area contributed by atoms with Crippen molar-refractivity contribution in [3.05, 3.63) is 35.4 Å². The number of carbonyl (C=O) groups is 2. The van der Waals surface area contributed by atoms with E-state index in [1.54, 1.807) is 0 Å². The zero-order chi connectivity index (χ0) is 20.8. The maximum Gasteiger partial charge on any atom is 0.252 e. The second kappa shape index (κ2) is 7.77. The van der Waals surface area contributed by atoms with E-state index >= 15 is 0 Å². The van der Waals surface area contributed by atoms with Crippen LogP contribution in [-0.2, 0) is 4.79 Å². The quantitative estimate of drug-likeness (QED) is 0.745. The third kappa shape index (κ3) is 3.95.